The molecule has 0 saturated heterocycles. The highest BCUT2D eigenvalue weighted by molar-refractivity contribution is 9.10. The minimum Gasteiger partial charge on any atom is -0.480 e. The maximum Gasteiger partial charge on any atom is 0.320 e. The molecular formula is C10H10BrClN2O3. The van der Waals surface area contributed by atoms with E-state index >= 15 is 0 Å². The number of carboxylic acids is 1. The Morgan fingerprint density at radius 2 is 2.06 bits per heavy atom. The summed E-state index contributed by atoms with van der Waals surface area (Å²) in [5.74, 6) is -1.70. The second-order valence-corrected chi connectivity index (χ2v) is 4.71. The van der Waals surface area contributed by atoms with Crippen molar-refractivity contribution in [2.24, 2.45) is 5.73 Å². The Kier molecular flexibility index (Phi) is 4.50. The third-order valence-corrected chi connectivity index (χ3v) is 2.99. The van der Waals surface area contributed by atoms with Crippen molar-refractivity contribution in [3.8, 4) is 0 Å². The fourth-order valence-electron chi connectivity index (χ4n) is 1.21. The smallest absolute Gasteiger partial charge is 0.320 e. The van der Waals surface area contributed by atoms with Crippen LogP contribution in [0, 0.1) is 0 Å². The number of rotatable bonds is 4. The molecule has 5 nitrogen and oxygen atoms in total. The number of carboxylic acid groups (broad SMARTS) is 1. The summed E-state index contributed by atoms with van der Waals surface area (Å²) in [6, 6.07) is 1.68. The number of benzene rings is 1. The van der Waals surface area contributed by atoms with Gasteiger partial charge in [-0.2, -0.15) is 0 Å². The van der Waals surface area contributed by atoms with Gasteiger partial charge in [-0.15, -0.1) is 0 Å². The zero-order chi connectivity index (χ0) is 13.2. The summed E-state index contributed by atoms with van der Waals surface area (Å²) in [6.07, 6.45) is -0.327. The number of carbonyl (C=O) groups excluding carboxylic acids is 1. The molecule has 0 aromatic heterocycles. The number of aliphatic carboxylic acids is 1. The van der Waals surface area contributed by atoms with Crippen LogP contribution in [-0.4, -0.2) is 22.9 Å². The van der Waals surface area contributed by atoms with Crippen molar-refractivity contribution in [1.82, 2.24) is 0 Å². The third-order valence-electron chi connectivity index (χ3n) is 2.12. The average Bonchev–Trinajstić information content (AvgIpc) is 2.22. The normalized spacial score (nSPS) is 12.2. The molecule has 7 heteroatoms. The molecule has 0 radical (unpaired) electrons. The lowest BCUT2D eigenvalue weighted by molar-refractivity contribution is -0.138. The second kappa shape index (κ2) is 5.48. The van der Waals surface area contributed by atoms with Gasteiger partial charge in [0.25, 0.3) is 0 Å². The number of carbonyl (C=O) groups is 2. The van der Waals surface area contributed by atoms with Gasteiger partial charge in [0.05, 0.1) is 5.69 Å². The Balaban J connectivity index is 3.01. The molecule has 1 atom stereocenters. The fraction of sp³-hybridized carbons (Fsp3) is 0.200. The van der Waals surface area contributed by atoms with Gasteiger partial charge < -0.3 is 16.6 Å². The van der Waals surface area contributed by atoms with Gasteiger partial charge in [-0.1, -0.05) is 11.6 Å². The minimum atomic E-state index is -1.25. The number of halogens is 2. The molecule has 0 aliphatic heterocycles. The summed E-state index contributed by atoms with van der Waals surface area (Å²) < 4.78 is 0.484. The SMILES string of the molecule is Nc1c(Br)cc(Cl)cc1C(=O)CC(N)C(=O)O. The van der Waals surface area contributed by atoms with Crippen molar-refractivity contribution in [3.05, 3.63) is 27.2 Å². The van der Waals surface area contributed by atoms with Gasteiger partial charge >= 0.3 is 5.97 Å². The Morgan fingerprint density at radius 3 is 2.59 bits per heavy atom. The van der Waals surface area contributed by atoms with E-state index in [2.05, 4.69) is 15.9 Å². The minimum absolute atomic E-state index is 0.168. The highest BCUT2D eigenvalue weighted by atomic mass is 79.9. The maximum absolute atomic E-state index is 11.8. The van der Waals surface area contributed by atoms with Crippen LogP contribution in [0.25, 0.3) is 0 Å². The van der Waals surface area contributed by atoms with E-state index in [0.717, 1.165) is 0 Å². The van der Waals surface area contributed by atoms with Crippen LogP contribution < -0.4 is 11.5 Å². The summed E-state index contributed by atoms with van der Waals surface area (Å²) in [5, 5.41) is 8.94. The highest BCUT2D eigenvalue weighted by Gasteiger charge is 2.20. The maximum atomic E-state index is 11.8. The van der Waals surface area contributed by atoms with E-state index in [1.165, 1.54) is 6.07 Å². The van der Waals surface area contributed by atoms with Gasteiger partial charge in [0.1, 0.15) is 6.04 Å². The zero-order valence-corrected chi connectivity index (χ0v) is 11.0. The van der Waals surface area contributed by atoms with E-state index in [-0.39, 0.29) is 17.7 Å². The van der Waals surface area contributed by atoms with Crippen LogP contribution in [0.5, 0.6) is 0 Å². The van der Waals surface area contributed by atoms with Gasteiger partial charge in [0.15, 0.2) is 5.78 Å². The number of nitrogens with two attached hydrogens (primary N) is 2. The first-order valence-corrected chi connectivity index (χ1v) is 5.76. The van der Waals surface area contributed by atoms with Crippen LogP contribution in [0.4, 0.5) is 5.69 Å². The Bertz CT molecular complexity index is 479. The fourth-order valence-corrected chi connectivity index (χ4v) is 2.02. The first kappa shape index (κ1) is 14.0. The van der Waals surface area contributed by atoms with Gasteiger partial charge in [0.2, 0.25) is 0 Å². The molecule has 92 valence electrons. The monoisotopic (exact) mass is 320 g/mol. The number of nitrogen functional groups attached to an aromatic ring is 1. The lowest BCUT2D eigenvalue weighted by Gasteiger charge is -2.09. The number of hydrogen-bond acceptors (Lipinski definition) is 4. The quantitative estimate of drug-likeness (QED) is 0.577. The van der Waals surface area contributed by atoms with E-state index in [1.807, 2.05) is 0 Å². The van der Waals surface area contributed by atoms with Crippen LogP contribution in [0.1, 0.15) is 16.8 Å². The lowest BCUT2D eigenvalue weighted by Crippen LogP contribution is -2.32. The van der Waals surface area contributed by atoms with Gasteiger partial charge in [-0.3, -0.25) is 9.59 Å². The largest absolute Gasteiger partial charge is 0.480 e. The Labute approximate surface area is 111 Å². The number of anilines is 1. The van der Waals surface area contributed by atoms with E-state index in [1.54, 1.807) is 6.07 Å². The first-order chi connectivity index (χ1) is 7.82. The summed E-state index contributed by atoms with van der Waals surface area (Å²) in [4.78, 5) is 22.3. The van der Waals surface area contributed by atoms with Crippen molar-refractivity contribution < 1.29 is 14.7 Å². The molecule has 1 unspecified atom stereocenters. The second-order valence-electron chi connectivity index (χ2n) is 3.42. The number of Topliss-reactive ketones (excluding diaryl/α,β-unsaturated/α-hetero) is 1. The highest BCUT2D eigenvalue weighted by Crippen LogP contribution is 2.28. The molecule has 0 fully saturated rings. The van der Waals surface area contributed by atoms with Crippen molar-refractivity contribution in [2.45, 2.75) is 12.5 Å². The molecule has 0 aliphatic carbocycles. The predicted molar refractivity (Wildman–Crippen MR) is 68.1 cm³/mol. The molecule has 0 aliphatic rings. The molecule has 1 rings (SSSR count). The predicted octanol–water partition coefficient (Wildman–Crippen LogP) is 1.67. The van der Waals surface area contributed by atoms with Crippen molar-refractivity contribution >= 4 is 45.0 Å². The van der Waals surface area contributed by atoms with Crippen LogP contribution in [0.15, 0.2) is 16.6 Å². The van der Waals surface area contributed by atoms with Crippen molar-refractivity contribution in [3.63, 3.8) is 0 Å². The third kappa shape index (κ3) is 3.42. The summed E-state index contributed by atoms with van der Waals surface area (Å²) in [7, 11) is 0. The molecular weight excluding hydrogens is 311 g/mol. The number of hydrogen-bond donors (Lipinski definition) is 3. The molecule has 0 amide bonds. The van der Waals surface area contributed by atoms with Crippen molar-refractivity contribution in [2.75, 3.05) is 5.73 Å². The van der Waals surface area contributed by atoms with Crippen molar-refractivity contribution in [1.29, 1.82) is 0 Å². The zero-order valence-electron chi connectivity index (χ0n) is 8.61. The van der Waals surface area contributed by atoms with E-state index < -0.39 is 17.8 Å². The molecule has 1 aromatic rings. The Hall–Kier alpha value is -1.11. The lowest BCUT2D eigenvalue weighted by atomic mass is 10.0. The average molecular weight is 322 g/mol. The van der Waals surface area contributed by atoms with Crippen LogP contribution in [0.2, 0.25) is 5.02 Å². The van der Waals surface area contributed by atoms with Gasteiger partial charge in [0, 0.05) is 21.5 Å². The summed E-state index contributed by atoms with van der Waals surface area (Å²) in [5.41, 5.74) is 11.4. The van der Waals surface area contributed by atoms with Crippen LogP contribution in [-0.2, 0) is 4.79 Å². The molecule has 0 bridgehead atoms. The Morgan fingerprint density at radius 1 is 1.47 bits per heavy atom. The summed E-state index contributed by atoms with van der Waals surface area (Å²) >= 11 is 8.93. The van der Waals surface area contributed by atoms with Gasteiger partial charge in [-0.25, -0.2) is 0 Å². The topological polar surface area (TPSA) is 106 Å². The van der Waals surface area contributed by atoms with Crippen LogP contribution in [0.3, 0.4) is 0 Å². The van der Waals surface area contributed by atoms with Gasteiger partial charge in [-0.05, 0) is 28.1 Å². The van der Waals surface area contributed by atoms with E-state index in [4.69, 9.17) is 28.2 Å². The molecule has 0 heterocycles. The van der Waals surface area contributed by atoms with E-state index in [9.17, 15) is 9.59 Å². The summed E-state index contributed by atoms with van der Waals surface area (Å²) in [6.45, 7) is 0. The molecule has 0 saturated carbocycles. The number of ketones is 1. The first-order valence-electron chi connectivity index (χ1n) is 4.59. The standard InChI is InChI=1S/C10H10BrClN2O3/c11-6-2-4(12)1-5(9(6)14)8(15)3-7(13)10(16)17/h1-2,7H,3,13-14H2,(H,16,17). The molecule has 0 spiro atoms. The molecule has 1 aromatic carbocycles. The van der Waals surface area contributed by atoms with E-state index in [0.29, 0.717) is 9.50 Å². The molecule has 5 N–H and O–H groups in total. The van der Waals surface area contributed by atoms with Crippen LogP contribution >= 0.6 is 27.5 Å². The molecule has 17 heavy (non-hydrogen) atoms.